The smallest absolute Gasteiger partial charge is 0.253 e. The fourth-order valence-electron chi connectivity index (χ4n) is 2.64. The Kier molecular flexibility index (Phi) is 3.06. The normalized spacial score (nSPS) is 13.2. The standard InChI is InChI=1S/C16H17N3O/c1-18-16(20)14-7-6-13(17)8-15(14)19-9-11-4-2-3-5-12(11)10-19/h2-8H,9-10,17H2,1H3,(H,18,20). The average molecular weight is 267 g/mol. The van der Waals surface area contributed by atoms with E-state index in [1.807, 2.05) is 18.2 Å². The zero-order valence-corrected chi connectivity index (χ0v) is 11.4. The molecule has 1 amide bonds. The molecular weight excluding hydrogens is 250 g/mol. The third-order valence-corrected chi connectivity index (χ3v) is 3.67. The summed E-state index contributed by atoms with van der Waals surface area (Å²) in [6.07, 6.45) is 0. The predicted molar refractivity (Wildman–Crippen MR) is 80.6 cm³/mol. The van der Waals surface area contributed by atoms with Crippen LogP contribution in [0.25, 0.3) is 0 Å². The molecule has 20 heavy (non-hydrogen) atoms. The van der Waals surface area contributed by atoms with Crippen LogP contribution in [0.4, 0.5) is 11.4 Å². The summed E-state index contributed by atoms with van der Waals surface area (Å²) >= 11 is 0. The number of anilines is 2. The summed E-state index contributed by atoms with van der Waals surface area (Å²) in [6, 6.07) is 13.8. The van der Waals surface area contributed by atoms with E-state index < -0.39 is 0 Å². The lowest BCUT2D eigenvalue weighted by Crippen LogP contribution is -2.23. The number of benzene rings is 2. The first kappa shape index (κ1) is 12.5. The fraction of sp³-hybridized carbons (Fsp3) is 0.188. The summed E-state index contributed by atoms with van der Waals surface area (Å²) in [6.45, 7) is 1.62. The number of hydrogen-bond donors (Lipinski definition) is 2. The average Bonchev–Trinajstić information content (AvgIpc) is 2.90. The Morgan fingerprint density at radius 3 is 2.40 bits per heavy atom. The van der Waals surface area contributed by atoms with E-state index in [-0.39, 0.29) is 5.91 Å². The van der Waals surface area contributed by atoms with Crippen molar-refractivity contribution >= 4 is 17.3 Å². The third-order valence-electron chi connectivity index (χ3n) is 3.67. The molecule has 0 aliphatic carbocycles. The topological polar surface area (TPSA) is 58.4 Å². The van der Waals surface area contributed by atoms with Crippen LogP contribution in [0.15, 0.2) is 42.5 Å². The van der Waals surface area contributed by atoms with Gasteiger partial charge < -0.3 is 16.0 Å². The Bertz CT molecular complexity index is 642. The summed E-state index contributed by atoms with van der Waals surface area (Å²) in [5.74, 6) is -0.0871. The molecule has 0 spiro atoms. The van der Waals surface area contributed by atoms with Crippen molar-refractivity contribution in [2.75, 3.05) is 17.7 Å². The molecule has 1 aliphatic heterocycles. The van der Waals surface area contributed by atoms with E-state index in [2.05, 4.69) is 22.3 Å². The van der Waals surface area contributed by atoms with Crippen LogP contribution in [0.5, 0.6) is 0 Å². The van der Waals surface area contributed by atoms with E-state index in [9.17, 15) is 4.79 Å². The Morgan fingerprint density at radius 2 is 1.80 bits per heavy atom. The highest BCUT2D eigenvalue weighted by atomic mass is 16.1. The maximum atomic E-state index is 12.0. The van der Waals surface area contributed by atoms with Gasteiger partial charge in [-0.25, -0.2) is 0 Å². The molecule has 0 atom stereocenters. The number of nitrogens with zero attached hydrogens (tertiary/aromatic N) is 1. The van der Waals surface area contributed by atoms with Crippen LogP contribution in [-0.2, 0) is 13.1 Å². The highest BCUT2D eigenvalue weighted by molar-refractivity contribution is 6.00. The van der Waals surface area contributed by atoms with Gasteiger partial charge in [0.15, 0.2) is 0 Å². The highest BCUT2D eigenvalue weighted by Crippen LogP contribution is 2.31. The number of amides is 1. The Balaban J connectivity index is 1.99. The number of rotatable bonds is 2. The first-order valence-corrected chi connectivity index (χ1v) is 6.62. The van der Waals surface area contributed by atoms with Crippen LogP contribution in [0.1, 0.15) is 21.5 Å². The molecule has 0 fully saturated rings. The van der Waals surface area contributed by atoms with Crippen molar-refractivity contribution in [2.45, 2.75) is 13.1 Å². The zero-order chi connectivity index (χ0) is 14.1. The minimum Gasteiger partial charge on any atom is -0.399 e. The predicted octanol–water partition coefficient (Wildman–Crippen LogP) is 2.15. The molecule has 0 bridgehead atoms. The van der Waals surface area contributed by atoms with Crippen LogP contribution in [-0.4, -0.2) is 13.0 Å². The largest absolute Gasteiger partial charge is 0.399 e. The Morgan fingerprint density at radius 1 is 1.15 bits per heavy atom. The number of nitrogen functional groups attached to an aromatic ring is 1. The maximum absolute atomic E-state index is 12.0. The molecule has 0 unspecified atom stereocenters. The van der Waals surface area contributed by atoms with E-state index >= 15 is 0 Å². The van der Waals surface area contributed by atoms with E-state index in [1.54, 1.807) is 19.2 Å². The van der Waals surface area contributed by atoms with Gasteiger partial charge >= 0.3 is 0 Å². The quantitative estimate of drug-likeness (QED) is 0.820. The van der Waals surface area contributed by atoms with Gasteiger partial charge in [-0.05, 0) is 29.3 Å². The number of nitrogens with one attached hydrogen (secondary N) is 1. The van der Waals surface area contributed by atoms with Crippen molar-refractivity contribution in [3.63, 3.8) is 0 Å². The molecule has 1 aliphatic rings. The van der Waals surface area contributed by atoms with Gasteiger partial charge in [0.2, 0.25) is 0 Å². The van der Waals surface area contributed by atoms with E-state index in [1.165, 1.54) is 11.1 Å². The number of carbonyl (C=O) groups is 1. The van der Waals surface area contributed by atoms with Gasteiger partial charge in [0.1, 0.15) is 0 Å². The van der Waals surface area contributed by atoms with Gasteiger partial charge in [-0.15, -0.1) is 0 Å². The van der Waals surface area contributed by atoms with Gasteiger partial charge in [0, 0.05) is 25.8 Å². The first-order valence-electron chi connectivity index (χ1n) is 6.62. The van der Waals surface area contributed by atoms with Crippen LogP contribution < -0.4 is 16.0 Å². The van der Waals surface area contributed by atoms with Gasteiger partial charge in [0.05, 0.1) is 11.3 Å². The lowest BCUT2D eigenvalue weighted by atomic mass is 10.1. The second-order valence-corrected chi connectivity index (χ2v) is 4.98. The molecule has 4 nitrogen and oxygen atoms in total. The Hall–Kier alpha value is -2.49. The zero-order valence-electron chi connectivity index (χ0n) is 11.4. The number of hydrogen-bond acceptors (Lipinski definition) is 3. The SMILES string of the molecule is CNC(=O)c1ccc(N)cc1N1Cc2ccccc2C1. The van der Waals surface area contributed by atoms with Gasteiger partial charge in [-0.2, -0.15) is 0 Å². The van der Waals surface area contributed by atoms with Crippen molar-refractivity contribution < 1.29 is 4.79 Å². The molecule has 3 rings (SSSR count). The molecule has 0 aromatic heterocycles. The van der Waals surface area contributed by atoms with Crippen LogP contribution in [0.3, 0.4) is 0 Å². The summed E-state index contributed by atoms with van der Waals surface area (Å²) < 4.78 is 0. The van der Waals surface area contributed by atoms with Crippen molar-refractivity contribution in [3.05, 3.63) is 59.2 Å². The summed E-state index contributed by atoms with van der Waals surface area (Å²) in [4.78, 5) is 14.2. The monoisotopic (exact) mass is 267 g/mol. The molecule has 0 saturated carbocycles. The fourth-order valence-corrected chi connectivity index (χ4v) is 2.64. The number of fused-ring (bicyclic) bond motifs is 1. The lowest BCUT2D eigenvalue weighted by molar-refractivity contribution is 0.0963. The minimum absolute atomic E-state index is 0.0871. The van der Waals surface area contributed by atoms with Crippen molar-refractivity contribution in [2.24, 2.45) is 0 Å². The van der Waals surface area contributed by atoms with E-state index in [0.717, 1.165) is 18.8 Å². The maximum Gasteiger partial charge on any atom is 0.253 e. The molecule has 1 heterocycles. The van der Waals surface area contributed by atoms with Crippen molar-refractivity contribution in [1.29, 1.82) is 0 Å². The van der Waals surface area contributed by atoms with Crippen LogP contribution in [0.2, 0.25) is 0 Å². The van der Waals surface area contributed by atoms with Crippen LogP contribution >= 0.6 is 0 Å². The third kappa shape index (κ3) is 2.09. The molecule has 4 heteroatoms. The molecular formula is C16H17N3O. The number of nitrogens with two attached hydrogens (primary N) is 1. The molecule has 0 saturated heterocycles. The second-order valence-electron chi connectivity index (χ2n) is 4.98. The second kappa shape index (κ2) is 4.89. The molecule has 102 valence electrons. The molecule has 2 aromatic carbocycles. The molecule has 0 radical (unpaired) electrons. The summed E-state index contributed by atoms with van der Waals surface area (Å²) in [5.41, 5.74) is 10.7. The van der Waals surface area contributed by atoms with Gasteiger partial charge in [-0.1, -0.05) is 24.3 Å². The number of carbonyl (C=O) groups excluding carboxylic acids is 1. The van der Waals surface area contributed by atoms with E-state index in [4.69, 9.17) is 5.73 Å². The summed E-state index contributed by atoms with van der Waals surface area (Å²) in [7, 11) is 1.64. The van der Waals surface area contributed by atoms with Crippen molar-refractivity contribution in [3.8, 4) is 0 Å². The molecule has 2 aromatic rings. The Labute approximate surface area is 118 Å². The van der Waals surface area contributed by atoms with Crippen molar-refractivity contribution in [1.82, 2.24) is 5.32 Å². The first-order chi connectivity index (χ1) is 9.69. The minimum atomic E-state index is -0.0871. The molecule has 3 N–H and O–H groups in total. The lowest BCUT2D eigenvalue weighted by Gasteiger charge is -2.21. The van der Waals surface area contributed by atoms with Crippen LogP contribution in [0, 0.1) is 0 Å². The van der Waals surface area contributed by atoms with E-state index in [0.29, 0.717) is 11.3 Å². The summed E-state index contributed by atoms with van der Waals surface area (Å²) in [5, 5.41) is 2.68. The van der Waals surface area contributed by atoms with Gasteiger partial charge in [0.25, 0.3) is 5.91 Å². The van der Waals surface area contributed by atoms with Gasteiger partial charge in [-0.3, -0.25) is 4.79 Å². The highest BCUT2D eigenvalue weighted by Gasteiger charge is 2.22.